The standard InChI is InChI=1S/C13H20N2O4S/c1-15(20(2,16)17)13-9-11(5-6-12(13)14)19-8-7-18-10-3-4-10/h5-6,9-10H,3-4,7-8,14H2,1-2H3. The number of nitrogens with two attached hydrogens (primary N) is 1. The summed E-state index contributed by atoms with van der Waals surface area (Å²) in [5.74, 6) is 0.573. The molecule has 7 heteroatoms. The molecule has 112 valence electrons. The van der Waals surface area contributed by atoms with Gasteiger partial charge in [-0.25, -0.2) is 8.42 Å². The summed E-state index contributed by atoms with van der Waals surface area (Å²) in [5, 5.41) is 0. The Morgan fingerprint density at radius 3 is 2.65 bits per heavy atom. The highest BCUT2D eigenvalue weighted by Crippen LogP contribution is 2.29. The Bertz CT molecular complexity index is 570. The maximum Gasteiger partial charge on any atom is 0.232 e. The number of sulfonamides is 1. The molecule has 0 aliphatic heterocycles. The van der Waals surface area contributed by atoms with Crippen molar-refractivity contribution in [2.45, 2.75) is 18.9 Å². The number of nitrogen functional groups attached to an aromatic ring is 1. The summed E-state index contributed by atoms with van der Waals surface area (Å²) in [6.45, 7) is 0.967. The summed E-state index contributed by atoms with van der Waals surface area (Å²) >= 11 is 0. The van der Waals surface area contributed by atoms with Crippen LogP contribution in [-0.2, 0) is 14.8 Å². The zero-order valence-corrected chi connectivity index (χ0v) is 12.5. The summed E-state index contributed by atoms with van der Waals surface area (Å²) < 4.78 is 35.2. The van der Waals surface area contributed by atoms with Gasteiger partial charge in [0.25, 0.3) is 0 Å². The summed E-state index contributed by atoms with van der Waals surface area (Å²) in [5.41, 5.74) is 6.60. The van der Waals surface area contributed by atoms with E-state index in [2.05, 4.69) is 0 Å². The number of anilines is 2. The van der Waals surface area contributed by atoms with Crippen LogP contribution in [0.2, 0.25) is 0 Å². The molecule has 2 rings (SSSR count). The second-order valence-corrected chi connectivity index (χ2v) is 6.88. The van der Waals surface area contributed by atoms with E-state index in [1.165, 1.54) is 7.05 Å². The molecule has 6 nitrogen and oxygen atoms in total. The Balaban J connectivity index is 1.99. The molecular weight excluding hydrogens is 280 g/mol. The molecule has 2 N–H and O–H groups in total. The van der Waals surface area contributed by atoms with Crippen LogP contribution in [0.15, 0.2) is 18.2 Å². The molecule has 1 aromatic carbocycles. The fourth-order valence-electron chi connectivity index (χ4n) is 1.67. The van der Waals surface area contributed by atoms with Crippen molar-refractivity contribution >= 4 is 21.4 Å². The Labute approximate surface area is 119 Å². The van der Waals surface area contributed by atoms with Gasteiger partial charge in [-0.05, 0) is 25.0 Å². The second kappa shape index (κ2) is 5.88. The van der Waals surface area contributed by atoms with E-state index in [1.54, 1.807) is 18.2 Å². The van der Waals surface area contributed by atoms with E-state index in [-0.39, 0.29) is 0 Å². The lowest BCUT2D eigenvalue weighted by atomic mass is 10.2. The Morgan fingerprint density at radius 2 is 2.05 bits per heavy atom. The van der Waals surface area contributed by atoms with E-state index in [4.69, 9.17) is 15.2 Å². The molecule has 0 bridgehead atoms. The van der Waals surface area contributed by atoms with Crippen molar-refractivity contribution in [3.05, 3.63) is 18.2 Å². The molecule has 0 unspecified atom stereocenters. The first-order chi connectivity index (χ1) is 9.38. The van der Waals surface area contributed by atoms with Crippen molar-refractivity contribution in [2.75, 3.05) is 36.6 Å². The van der Waals surface area contributed by atoms with E-state index in [0.29, 0.717) is 36.4 Å². The molecule has 0 spiro atoms. The molecule has 0 aromatic heterocycles. The Hall–Kier alpha value is -1.47. The third-order valence-corrected chi connectivity index (χ3v) is 4.26. The summed E-state index contributed by atoms with van der Waals surface area (Å²) in [6, 6.07) is 4.97. The van der Waals surface area contributed by atoms with E-state index in [1.807, 2.05) is 0 Å². The molecule has 0 atom stereocenters. The van der Waals surface area contributed by atoms with Crippen molar-refractivity contribution in [3.63, 3.8) is 0 Å². The molecule has 0 radical (unpaired) electrons. The van der Waals surface area contributed by atoms with Gasteiger partial charge in [0, 0.05) is 13.1 Å². The maximum absolute atomic E-state index is 11.5. The fraction of sp³-hybridized carbons (Fsp3) is 0.538. The van der Waals surface area contributed by atoms with Gasteiger partial charge in [0.1, 0.15) is 12.4 Å². The van der Waals surface area contributed by atoms with E-state index in [9.17, 15) is 8.42 Å². The first kappa shape index (κ1) is 14.9. The smallest absolute Gasteiger partial charge is 0.232 e. The molecule has 20 heavy (non-hydrogen) atoms. The van der Waals surface area contributed by atoms with Gasteiger partial charge < -0.3 is 15.2 Å². The molecule has 0 amide bonds. The Kier molecular flexibility index (Phi) is 4.39. The van der Waals surface area contributed by atoms with Gasteiger partial charge in [-0.3, -0.25) is 4.31 Å². The van der Waals surface area contributed by atoms with Gasteiger partial charge in [-0.15, -0.1) is 0 Å². The van der Waals surface area contributed by atoms with Crippen LogP contribution in [0.4, 0.5) is 11.4 Å². The minimum absolute atomic E-state index is 0.388. The molecule has 1 fully saturated rings. The average molecular weight is 300 g/mol. The summed E-state index contributed by atoms with van der Waals surface area (Å²) in [7, 11) is -1.89. The lowest BCUT2D eigenvalue weighted by Gasteiger charge is -2.19. The van der Waals surface area contributed by atoms with Crippen LogP contribution in [0.25, 0.3) is 0 Å². The number of hydrogen-bond acceptors (Lipinski definition) is 5. The normalized spacial score (nSPS) is 15.1. The topological polar surface area (TPSA) is 81.9 Å². The number of hydrogen-bond donors (Lipinski definition) is 1. The quantitative estimate of drug-likeness (QED) is 0.605. The Morgan fingerprint density at radius 1 is 1.35 bits per heavy atom. The molecule has 1 aromatic rings. The van der Waals surface area contributed by atoms with Gasteiger partial charge in [0.2, 0.25) is 10.0 Å². The van der Waals surface area contributed by atoms with E-state index >= 15 is 0 Å². The predicted octanol–water partition coefficient (Wildman–Crippen LogP) is 1.22. The van der Waals surface area contributed by atoms with Gasteiger partial charge in [0.05, 0.1) is 30.3 Å². The number of nitrogens with zero attached hydrogens (tertiary/aromatic N) is 1. The highest BCUT2D eigenvalue weighted by molar-refractivity contribution is 7.92. The molecular formula is C13H20N2O4S. The van der Waals surface area contributed by atoms with Crippen LogP contribution < -0.4 is 14.8 Å². The lowest BCUT2D eigenvalue weighted by Crippen LogP contribution is -2.25. The maximum atomic E-state index is 11.5. The molecule has 1 saturated carbocycles. The monoisotopic (exact) mass is 300 g/mol. The second-order valence-electron chi connectivity index (χ2n) is 4.87. The van der Waals surface area contributed by atoms with Crippen molar-refractivity contribution in [1.29, 1.82) is 0 Å². The molecule has 0 heterocycles. The van der Waals surface area contributed by atoms with Crippen molar-refractivity contribution in [2.24, 2.45) is 0 Å². The predicted molar refractivity (Wildman–Crippen MR) is 78.6 cm³/mol. The first-order valence-corrected chi connectivity index (χ1v) is 8.30. The van der Waals surface area contributed by atoms with Gasteiger partial charge >= 0.3 is 0 Å². The van der Waals surface area contributed by atoms with Gasteiger partial charge in [0.15, 0.2) is 0 Å². The summed E-state index contributed by atoms with van der Waals surface area (Å²) in [4.78, 5) is 0. The highest BCUT2D eigenvalue weighted by atomic mass is 32.2. The average Bonchev–Trinajstić information content (AvgIpc) is 3.18. The zero-order chi connectivity index (χ0) is 14.8. The summed E-state index contributed by atoms with van der Waals surface area (Å²) in [6.07, 6.45) is 3.79. The number of rotatable bonds is 7. The molecule has 1 aliphatic carbocycles. The highest BCUT2D eigenvalue weighted by Gasteiger charge is 2.21. The lowest BCUT2D eigenvalue weighted by molar-refractivity contribution is 0.0881. The molecule has 1 aliphatic rings. The minimum Gasteiger partial charge on any atom is -0.491 e. The largest absolute Gasteiger partial charge is 0.491 e. The molecule has 0 saturated heterocycles. The zero-order valence-electron chi connectivity index (χ0n) is 11.7. The van der Waals surface area contributed by atoms with Crippen LogP contribution in [0.5, 0.6) is 5.75 Å². The van der Waals surface area contributed by atoms with E-state index < -0.39 is 10.0 Å². The van der Waals surface area contributed by atoms with Gasteiger partial charge in [-0.1, -0.05) is 0 Å². The van der Waals surface area contributed by atoms with Crippen LogP contribution in [0.3, 0.4) is 0 Å². The van der Waals surface area contributed by atoms with Crippen LogP contribution >= 0.6 is 0 Å². The van der Waals surface area contributed by atoms with Gasteiger partial charge in [-0.2, -0.15) is 0 Å². The third-order valence-electron chi connectivity index (χ3n) is 3.07. The number of benzene rings is 1. The van der Waals surface area contributed by atoms with Crippen molar-refractivity contribution in [3.8, 4) is 5.75 Å². The van der Waals surface area contributed by atoms with Crippen molar-refractivity contribution in [1.82, 2.24) is 0 Å². The minimum atomic E-state index is -3.35. The van der Waals surface area contributed by atoms with Crippen LogP contribution in [0.1, 0.15) is 12.8 Å². The third kappa shape index (κ3) is 4.01. The fourth-order valence-corrected chi connectivity index (χ4v) is 2.19. The number of ether oxygens (including phenoxy) is 2. The van der Waals surface area contributed by atoms with Crippen molar-refractivity contribution < 1.29 is 17.9 Å². The van der Waals surface area contributed by atoms with Crippen LogP contribution in [0, 0.1) is 0 Å². The van der Waals surface area contributed by atoms with E-state index in [0.717, 1.165) is 23.4 Å². The van der Waals surface area contributed by atoms with Crippen LogP contribution in [-0.4, -0.2) is 41.0 Å². The first-order valence-electron chi connectivity index (χ1n) is 6.46. The SMILES string of the molecule is CN(c1cc(OCCOC2CC2)ccc1N)S(C)(=O)=O.